The van der Waals surface area contributed by atoms with Gasteiger partial charge in [-0.25, -0.2) is 13.8 Å². The molecule has 0 amide bonds. The van der Waals surface area contributed by atoms with E-state index in [1.54, 1.807) is 6.07 Å². The lowest BCUT2D eigenvalue weighted by Crippen LogP contribution is -2.32. The summed E-state index contributed by atoms with van der Waals surface area (Å²) in [6.45, 7) is 1.72. The number of fused-ring (bicyclic) bond motifs is 1. The Morgan fingerprint density at radius 2 is 1.75 bits per heavy atom. The van der Waals surface area contributed by atoms with Crippen molar-refractivity contribution >= 4 is 22.7 Å². The Balaban J connectivity index is 1.24. The van der Waals surface area contributed by atoms with E-state index in [2.05, 4.69) is 16.7 Å². The summed E-state index contributed by atoms with van der Waals surface area (Å²) in [6.07, 6.45) is 5.15. The van der Waals surface area contributed by atoms with Crippen LogP contribution < -0.4 is 15.5 Å². The first kappa shape index (κ1) is 22.4. The molecule has 1 aromatic heterocycles. The van der Waals surface area contributed by atoms with Crippen LogP contribution in [-0.2, 0) is 6.42 Å². The monoisotopic (exact) mass is 439 g/mol. The number of hydrogen-bond acceptors (Lipinski definition) is 5. The van der Waals surface area contributed by atoms with Crippen molar-refractivity contribution in [1.82, 2.24) is 15.3 Å². The fourth-order valence-corrected chi connectivity index (χ4v) is 4.39. The van der Waals surface area contributed by atoms with E-state index in [-0.39, 0.29) is 0 Å². The maximum atomic E-state index is 13.3. The standard InChI is InChI=1S/C25H31F2N5/c1-32(2)24-20-5-3-4-6-23(20)30-25(31-24)29-19-10-7-18(8-11-19)16-28-14-13-17-9-12-21(26)22(27)15-17/h3-6,9,12,15,18-19,28H,7-8,10-11,13-14,16H2,1-2H3,(H,29,30,31)/t18-,19+. The van der Waals surface area contributed by atoms with E-state index in [1.165, 1.54) is 12.1 Å². The Morgan fingerprint density at radius 3 is 2.50 bits per heavy atom. The summed E-state index contributed by atoms with van der Waals surface area (Å²) < 4.78 is 26.3. The molecule has 1 aliphatic rings. The minimum Gasteiger partial charge on any atom is -0.362 e. The zero-order chi connectivity index (χ0) is 22.5. The number of aromatic nitrogens is 2. The molecule has 1 saturated carbocycles. The van der Waals surface area contributed by atoms with Crippen LogP contribution >= 0.6 is 0 Å². The first-order chi connectivity index (χ1) is 15.5. The van der Waals surface area contributed by atoms with E-state index in [0.29, 0.717) is 24.3 Å². The summed E-state index contributed by atoms with van der Waals surface area (Å²) in [4.78, 5) is 11.5. The van der Waals surface area contributed by atoms with Gasteiger partial charge in [-0.05, 0) is 80.9 Å². The van der Waals surface area contributed by atoms with E-state index >= 15 is 0 Å². The molecule has 2 N–H and O–H groups in total. The smallest absolute Gasteiger partial charge is 0.225 e. The predicted molar refractivity (Wildman–Crippen MR) is 126 cm³/mol. The lowest BCUT2D eigenvalue weighted by Gasteiger charge is -2.29. The van der Waals surface area contributed by atoms with Crippen LogP contribution in [0.1, 0.15) is 31.2 Å². The number of anilines is 2. The molecule has 1 fully saturated rings. The molecule has 4 rings (SSSR count). The van der Waals surface area contributed by atoms with Crippen molar-refractivity contribution in [3.05, 3.63) is 59.7 Å². The maximum Gasteiger partial charge on any atom is 0.225 e. The highest BCUT2D eigenvalue weighted by Gasteiger charge is 2.22. The molecular weight excluding hydrogens is 408 g/mol. The third kappa shape index (κ3) is 5.51. The van der Waals surface area contributed by atoms with Crippen LogP contribution in [0, 0.1) is 17.6 Å². The van der Waals surface area contributed by atoms with Crippen LogP contribution in [0.5, 0.6) is 0 Å². The molecule has 0 saturated heterocycles. The van der Waals surface area contributed by atoms with E-state index < -0.39 is 11.6 Å². The van der Waals surface area contributed by atoms with Gasteiger partial charge in [0.15, 0.2) is 11.6 Å². The SMILES string of the molecule is CN(C)c1nc(N[C@H]2CC[C@@H](CNCCc3ccc(F)c(F)c3)CC2)nc2ccccc12. The Bertz CT molecular complexity index is 1050. The highest BCUT2D eigenvalue weighted by Crippen LogP contribution is 2.28. The Hall–Kier alpha value is -2.80. The second-order valence-corrected chi connectivity index (χ2v) is 8.85. The van der Waals surface area contributed by atoms with Gasteiger partial charge in [0.05, 0.1) is 5.52 Å². The van der Waals surface area contributed by atoms with Crippen molar-refractivity contribution in [1.29, 1.82) is 0 Å². The van der Waals surface area contributed by atoms with Crippen molar-refractivity contribution < 1.29 is 8.78 Å². The normalized spacial score (nSPS) is 18.6. The molecule has 1 aliphatic carbocycles. The molecule has 0 bridgehead atoms. The lowest BCUT2D eigenvalue weighted by molar-refractivity contribution is 0.325. The average Bonchev–Trinajstić information content (AvgIpc) is 2.79. The largest absolute Gasteiger partial charge is 0.362 e. The molecule has 0 atom stereocenters. The van der Waals surface area contributed by atoms with Gasteiger partial charge in [0.1, 0.15) is 5.82 Å². The van der Waals surface area contributed by atoms with Crippen molar-refractivity contribution in [3.63, 3.8) is 0 Å². The van der Waals surface area contributed by atoms with E-state index in [1.807, 2.05) is 37.2 Å². The van der Waals surface area contributed by atoms with Gasteiger partial charge in [-0.1, -0.05) is 18.2 Å². The van der Waals surface area contributed by atoms with Gasteiger partial charge in [-0.3, -0.25) is 0 Å². The Morgan fingerprint density at radius 1 is 0.969 bits per heavy atom. The number of para-hydroxylation sites is 1. The van der Waals surface area contributed by atoms with Gasteiger partial charge < -0.3 is 15.5 Å². The molecule has 5 nitrogen and oxygen atoms in total. The Labute approximate surface area is 188 Å². The number of rotatable bonds is 8. The third-order valence-corrected chi connectivity index (χ3v) is 6.19. The molecule has 7 heteroatoms. The topological polar surface area (TPSA) is 53.1 Å². The summed E-state index contributed by atoms with van der Waals surface area (Å²) in [6, 6.07) is 12.6. The summed E-state index contributed by atoms with van der Waals surface area (Å²) in [5.41, 5.74) is 1.77. The fourth-order valence-electron chi connectivity index (χ4n) is 4.39. The summed E-state index contributed by atoms with van der Waals surface area (Å²) in [5, 5.41) is 8.08. The summed E-state index contributed by atoms with van der Waals surface area (Å²) in [7, 11) is 4.01. The molecule has 0 unspecified atom stereocenters. The van der Waals surface area contributed by atoms with Crippen LogP contribution in [0.4, 0.5) is 20.5 Å². The first-order valence-electron chi connectivity index (χ1n) is 11.3. The number of halogens is 2. The molecule has 2 aromatic carbocycles. The number of hydrogen-bond donors (Lipinski definition) is 2. The number of benzene rings is 2. The average molecular weight is 440 g/mol. The van der Waals surface area contributed by atoms with E-state index in [0.717, 1.165) is 61.1 Å². The van der Waals surface area contributed by atoms with Crippen LogP contribution in [0.25, 0.3) is 10.9 Å². The van der Waals surface area contributed by atoms with Crippen molar-refractivity contribution in [2.75, 3.05) is 37.4 Å². The van der Waals surface area contributed by atoms with Crippen molar-refractivity contribution in [2.24, 2.45) is 5.92 Å². The fraction of sp³-hybridized carbons (Fsp3) is 0.440. The van der Waals surface area contributed by atoms with Crippen molar-refractivity contribution in [3.8, 4) is 0 Å². The minimum atomic E-state index is -0.792. The van der Waals surface area contributed by atoms with Gasteiger partial charge in [0.25, 0.3) is 0 Å². The van der Waals surface area contributed by atoms with Gasteiger partial charge in [0, 0.05) is 25.5 Å². The zero-order valence-corrected chi connectivity index (χ0v) is 18.7. The van der Waals surface area contributed by atoms with Crippen molar-refractivity contribution in [2.45, 2.75) is 38.1 Å². The molecule has 32 heavy (non-hydrogen) atoms. The van der Waals surface area contributed by atoms with Gasteiger partial charge >= 0.3 is 0 Å². The first-order valence-corrected chi connectivity index (χ1v) is 11.3. The van der Waals surface area contributed by atoms with E-state index in [4.69, 9.17) is 9.97 Å². The molecule has 0 aliphatic heterocycles. The third-order valence-electron chi connectivity index (χ3n) is 6.19. The van der Waals surface area contributed by atoms with Gasteiger partial charge in [0.2, 0.25) is 5.95 Å². The lowest BCUT2D eigenvalue weighted by atomic mass is 9.86. The second kappa shape index (κ2) is 10.2. The van der Waals surface area contributed by atoms with Crippen LogP contribution in [0.15, 0.2) is 42.5 Å². The molecular formula is C25H31F2N5. The van der Waals surface area contributed by atoms with Gasteiger partial charge in [-0.2, -0.15) is 4.98 Å². The molecule has 1 heterocycles. The highest BCUT2D eigenvalue weighted by atomic mass is 19.2. The second-order valence-electron chi connectivity index (χ2n) is 8.85. The summed E-state index contributed by atoms with van der Waals surface area (Å²) in [5.74, 6) is 0.686. The van der Waals surface area contributed by atoms with Crippen LogP contribution in [0.3, 0.4) is 0 Å². The van der Waals surface area contributed by atoms with Gasteiger partial charge in [-0.15, -0.1) is 0 Å². The van der Waals surface area contributed by atoms with E-state index in [9.17, 15) is 8.78 Å². The molecule has 0 radical (unpaired) electrons. The number of nitrogens with one attached hydrogen (secondary N) is 2. The molecule has 170 valence electrons. The quantitative estimate of drug-likeness (QED) is 0.495. The van der Waals surface area contributed by atoms with Crippen LogP contribution in [0.2, 0.25) is 0 Å². The van der Waals surface area contributed by atoms with Crippen LogP contribution in [-0.4, -0.2) is 43.2 Å². The molecule has 3 aromatic rings. The molecule has 0 spiro atoms. The summed E-state index contributed by atoms with van der Waals surface area (Å²) >= 11 is 0. The predicted octanol–water partition coefficient (Wildman–Crippen LogP) is 4.78. The highest BCUT2D eigenvalue weighted by molar-refractivity contribution is 5.90. The maximum absolute atomic E-state index is 13.3. The number of nitrogens with zero attached hydrogens (tertiary/aromatic N) is 3. The minimum absolute atomic E-state index is 0.379. The Kier molecular flexibility index (Phi) is 7.15. The zero-order valence-electron chi connectivity index (χ0n) is 18.7.